The van der Waals surface area contributed by atoms with E-state index >= 15 is 0 Å². The zero-order chi connectivity index (χ0) is 9.26. The molecule has 1 saturated carbocycles. The predicted molar refractivity (Wildman–Crippen MR) is 47.6 cm³/mol. The van der Waals surface area contributed by atoms with Crippen molar-refractivity contribution in [1.29, 1.82) is 5.26 Å². The Morgan fingerprint density at radius 3 is 2.92 bits per heavy atom. The summed E-state index contributed by atoms with van der Waals surface area (Å²) in [5.41, 5.74) is 0.263. The number of hydrogen-bond donors (Lipinski definition) is 0. The molecule has 13 heavy (non-hydrogen) atoms. The van der Waals surface area contributed by atoms with E-state index in [2.05, 4.69) is 4.98 Å². The number of rotatable bonds is 2. The quantitative estimate of drug-likeness (QED) is 0.678. The standard InChI is InChI=1S/C9H7ClN2O/c10-9-4-3-8(7(5-11)12-9)13-6-1-2-6/h3-4,6H,1-2H2. The Hall–Kier alpha value is -1.27. The molecule has 66 valence electrons. The Bertz CT molecular complexity index is 368. The molecule has 1 aromatic rings. The molecular formula is C9H7ClN2O. The van der Waals surface area contributed by atoms with E-state index in [1.54, 1.807) is 12.1 Å². The first-order valence-corrected chi connectivity index (χ1v) is 4.40. The summed E-state index contributed by atoms with van der Waals surface area (Å²) in [6.07, 6.45) is 2.40. The number of nitriles is 1. The first kappa shape index (κ1) is 8.33. The van der Waals surface area contributed by atoms with Crippen LogP contribution in [0.1, 0.15) is 18.5 Å². The maximum atomic E-state index is 8.73. The monoisotopic (exact) mass is 194 g/mol. The van der Waals surface area contributed by atoms with E-state index in [4.69, 9.17) is 21.6 Å². The molecule has 0 aromatic carbocycles. The second-order valence-electron chi connectivity index (χ2n) is 2.91. The predicted octanol–water partition coefficient (Wildman–Crippen LogP) is 2.15. The number of ether oxygens (including phenoxy) is 1. The second-order valence-corrected chi connectivity index (χ2v) is 3.30. The molecule has 1 heterocycles. The molecule has 0 atom stereocenters. The minimum atomic E-state index is 0.263. The Labute approximate surface area is 80.9 Å². The van der Waals surface area contributed by atoms with Crippen LogP contribution in [0.25, 0.3) is 0 Å². The van der Waals surface area contributed by atoms with Crippen LogP contribution in [0.2, 0.25) is 5.15 Å². The highest BCUT2D eigenvalue weighted by Gasteiger charge is 2.24. The van der Waals surface area contributed by atoms with Gasteiger partial charge < -0.3 is 4.74 Å². The summed E-state index contributed by atoms with van der Waals surface area (Å²) < 4.78 is 5.46. The lowest BCUT2D eigenvalue weighted by Gasteiger charge is -2.04. The largest absolute Gasteiger partial charge is 0.487 e. The van der Waals surface area contributed by atoms with Gasteiger partial charge in [0.15, 0.2) is 11.4 Å². The van der Waals surface area contributed by atoms with Crippen LogP contribution in [0.5, 0.6) is 5.75 Å². The van der Waals surface area contributed by atoms with E-state index in [0.717, 1.165) is 12.8 Å². The highest BCUT2D eigenvalue weighted by Crippen LogP contribution is 2.28. The summed E-state index contributed by atoms with van der Waals surface area (Å²) in [6, 6.07) is 5.26. The molecule has 0 N–H and O–H groups in total. The third kappa shape index (κ3) is 1.90. The molecule has 4 heteroatoms. The topological polar surface area (TPSA) is 45.9 Å². The smallest absolute Gasteiger partial charge is 0.184 e. The van der Waals surface area contributed by atoms with Gasteiger partial charge in [0.1, 0.15) is 11.2 Å². The van der Waals surface area contributed by atoms with Gasteiger partial charge in [-0.25, -0.2) is 4.98 Å². The van der Waals surface area contributed by atoms with Crippen molar-refractivity contribution >= 4 is 11.6 Å². The van der Waals surface area contributed by atoms with Gasteiger partial charge in [-0.3, -0.25) is 0 Å². The molecule has 0 bridgehead atoms. The van der Waals surface area contributed by atoms with Crippen molar-refractivity contribution < 1.29 is 4.74 Å². The summed E-state index contributed by atoms with van der Waals surface area (Å²) in [4.78, 5) is 3.85. The van der Waals surface area contributed by atoms with E-state index in [1.807, 2.05) is 6.07 Å². The van der Waals surface area contributed by atoms with Gasteiger partial charge in [0.2, 0.25) is 0 Å². The number of hydrogen-bond acceptors (Lipinski definition) is 3. The molecule has 0 spiro atoms. The van der Waals surface area contributed by atoms with Gasteiger partial charge in [-0.2, -0.15) is 5.26 Å². The minimum absolute atomic E-state index is 0.263. The molecule has 0 radical (unpaired) electrons. The van der Waals surface area contributed by atoms with Gasteiger partial charge in [0.25, 0.3) is 0 Å². The van der Waals surface area contributed by atoms with Crippen LogP contribution in [-0.4, -0.2) is 11.1 Å². The van der Waals surface area contributed by atoms with Crippen molar-refractivity contribution in [3.63, 3.8) is 0 Å². The van der Waals surface area contributed by atoms with E-state index < -0.39 is 0 Å². The molecule has 0 unspecified atom stereocenters. The van der Waals surface area contributed by atoms with Crippen molar-refractivity contribution in [1.82, 2.24) is 4.98 Å². The SMILES string of the molecule is N#Cc1nc(Cl)ccc1OC1CC1. The molecule has 2 rings (SSSR count). The number of aromatic nitrogens is 1. The van der Waals surface area contributed by atoms with Crippen LogP contribution >= 0.6 is 11.6 Å². The Balaban J connectivity index is 2.27. The van der Waals surface area contributed by atoms with E-state index in [1.165, 1.54) is 0 Å². The van der Waals surface area contributed by atoms with Gasteiger partial charge in [-0.15, -0.1) is 0 Å². The zero-order valence-electron chi connectivity index (χ0n) is 6.83. The average Bonchev–Trinajstić information content (AvgIpc) is 2.92. The molecule has 1 aliphatic rings. The van der Waals surface area contributed by atoms with Crippen LogP contribution < -0.4 is 4.74 Å². The minimum Gasteiger partial charge on any atom is -0.487 e. The zero-order valence-corrected chi connectivity index (χ0v) is 7.58. The van der Waals surface area contributed by atoms with Crippen molar-refractivity contribution in [3.8, 4) is 11.8 Å². The van der Waals surface area contributed by atoms with Crippen molar-refractivity contribution in [3.05, 3.63) is 23.0 Å². The fourth-order valence-corrected chi connectivity index (χ4v) is 1.11. The first-order valence-electron chi connectivity index (χ1n) is 4.03. The molecular weight excluding hydrogens is 188 g/mol. The van der Waals surface area contributed by atoms with E-state index in [9.17, 15) is 0 Å². The summed E-state index contributed by atoms with van der Waals surface area (Å²) in [5.74, 6) is 0.536. The normalized spacial score (nSPS) is 15.1. The third-order valence-corrected chi connectivity index (χ3v) is 1.96. The fraction of sp³-hybridized carbons (Fsp3) is 0.333. The van der Waals surface area contributed by atoms with Gasteiger partial charge in [0.05, 0.1) is 6.10 Å². The number of nitrogens with zero attached hydrogens (tertiary/aromatic N) is 2. The molecule has 1 fully saturated rings. The fourth-order valence-electron chi connectivity index (χ4n) is 0.963. The maximum Gasteiger partial charge on any atom is 0.184 e. The summed E-state index contributed by atoms with van der Waals surface area (Å²) in [6.45, 7) is 0. The Morgan fingerprint density at radius 1 is 1.54 bits per heavy atom. The molecule has 0 aliphatic heterocycles. The van der Waals surface area contributed by atoms with Crippen molar-refractivity contribution in [2.45, 2.75) is 18.9 Å². The summed E-state index contributed by atoms with van der Waals surface area (Å²) in [5, 5.41) is 9.04. The lowest BCUT2D eigenvalue weighted by atomic mass is 10.3. The van der Waals surface area contributed by atoms with Crippen LogP contribution in [-0.2, 0) is 0 Å². The number of pyridine rings is 1. The Kier molecular flexibility index (Phi) is 2.07. The highest BCUT2D eigenvalue weighted by molar-refractivity contribution is 6.29. The lowest BCUT2D eigenvalue weighted by molar-refractivity contribution is 0.301. The van der Waals surface area contributed by atoms with Gasteiger partial charge in [-0.1, -0.05) is 11.6 Å². The summed E-state index contributed by atoms with van der Waals surface area (Å²) >= 11 is 5.63. The second kappa shape index (κ2) is 3.23. The van der Waals surface area contributed by atoms with Gasteiger partial charge >= 0.3 is 0 Å². The molecule has 1 aliphatic carbocycles. The van der Waals surface area contributed by atoms with Crippen molar-refractivity contribution in [2.75, 3.05) is 0 Å². The van der Waals surface area contributed by atoms with Gasteiger partial charge in [0, 0.05) is 0 Å². The molecule has 1 aromatic heterocycles. The van der Waals surface area contributed by atoms with Crippen LogP contribution in [0, 0.1) is 11.3 Å². The first-order chi connectivity index (χ1) is 6.29. The molecule has 0 saturated heterocycles. The van der Waals surface area contributed by atoms with Gasteiger partial charge in [-0.05, 0) is 25.0 Å². The number of halogens is 1. The van der Waals surface area contributed by atoms with Crippen LogP contribution in [0.4, 0.5) is 0 Å². The average molecular weight is 195 g/mol. The highest BCUT2D eigenvalue weighted by atomic mass is 35.5. The molecule has 3 nitrogen and oxygen atoms in total. The third-order valence-electron chi connectivity index (χ3n) is 1.75. The molecule has 0 amide bonds. The van der Waals surface area contributed by atoms with Crippen LogP contribution in [0.15, 0.2) is 12.1 Å². The van der Waals surface area contributed by atoms with Crippen LogP contribution in [0.3, 0.4) is 0 Å². The Morgan fingerprint density at radius 2 is 2.31 bits per heavy atom. The maximum absolute atomic E-state index is 8.73. The van der Waals surface area contributed by atoms with E-state index in [0.29, 0.717) is 10.9 Å². The van der Waals surface area contributed by atoms with E-state index in [-0.39, 0.29) is 11.8 Å². The lowest BCUT2D eigenvalue weighted by Crippen LogP contribution is -1.99. The van der Waals surface area contributed by atoms with Crippen molar-refractivity contribution in [2.24, 2.45) is 0 Å². The summed E-state index contributed by atoms with van der Waals surface area (Å²) in [7, 11) is 0.